The van der Waals surface area contributed by atoms with E-state index in [1.165, 1.54) is 6.07 Å². The van der Waals surface area contributed by atoms with Crippen molar-refractivity contribution in [2.45, 2.75) is 11.3 Å². The van der Waals surface area contributed by atoms with Crippen molar-refractivity contribution in [1.29, 1.82) is 0 Å². The highest BCUT2D eigenvalue weighted by molar-refractivity contribution is 7.90. The molecule has 0 spiro atoms. The minimum Gasteiger partial charge on any atom is -0.497 e. The zero-order valence-electron chi connectivity index (χ0n) is 20.0. The molecule has 0 atom stereocenters. The number of amides is 1. The number of hydrogen-bond acceptors (Lipinski definition) is 6. The highest BCUT2D eigenvalue weighted by atomic mass is 35.5. The van der Waals surface area contributed by atoms with Crippen LogP contribution in [0.1, 0.15) is 16.1 Å². The summed E-state index contributed by atoms with van der Waals surface area (Å²) in [6.45, 7) is 0.827. The Morgan fingerprint density at radius 1 is 1.06 bits per heavy atom. The Bertz CT molecular complexity index is 1610. The van der Waals surface area contributed by atoms with Crippen molar-refractivity contribution in [2.75, 3.05) is 30.9 Å². The van der Waals surface area contributed by atoms with Gasteiger partial charge in [-0.25, -0.2) is 13.1 Å². The topological polar surface area (TPSA) is 92.7 Å². The molecule has 4 aromatic rings. The fraction of sp³-hybridized carbons (Fsp3) is 0.192. The molecular weight excluding hydrogens is 500 g/mol. The van der Waals surface area contributed by atoms with Crippen molar-refractivity contribution >= 4 is 55.5 Å². The first-order valence-corrected chi connectivity index (χ1v) is 13.1. The number of likely N-dealkylation sites (N-methyl/N-ethyl adjacent to an activating group) is 1. The van der Waals surface area contributed by atoms with Gasteiger partial charge in [-0.3, -0.25) is 4.79 Å². The average molecular weight is 525 g/mol. The molecule has 36 heavy (non-hydrogen) atoms. The summed E-state index contributed by atoms with van der Waals surface area (Å²) in [5, 5.41) is 4.44. The Balaban J connectivity index is 1.47. The number of sulfonamides is 1. The molecule has 2 N–H and O–H groups in total. The van der Waals surface area contributed by atoms with Gasteiger partial charge in [-0.05, 0) is 60.5 Å². The van der Waals surface area contributed by atoms with Crippen LogP contribution in [0.5, 0.6) is 5.75 Å². The van der Waals surface area contributed by atoms with Crippen LogP contribution in [0.2, 0.25) is 5.02 Å². The summed E-state index contributed by atoms with van der Waals surface area (Å²) < 4.78 is 35.2. The zero-order valence-corrected chi connectivity index (χ0v) is 21.6. The van der Waals surface area contributed by atoms with Gasteiger partial charge in [0.25, 0.3) is 15.9 Å². The second kappa shape index (κ2) is 9.07. The third kappa shape index (κ3) is 4.25. The van der Waals surface area contributed by atoms with Gasteiger partial charge in [0.1, 0.15) is 11.4 Å². The molecular formula is C26H25ClN4O4S. The van der Waals surface area contributed by atoms with Crippen LogP contribution in [0.4, 0.5) is 17.1 Å². The molecule has 1 aliphatic heterocycles. The Morgan fingerprint density at radius 2 is 1.86 bits per heavy atom. The molecule has 0 bridgehead atoms. The molecule has 0 fully saturated rings. The minimum atomic E-state index is -4.07. The lowest BCUT2D eigenvalue weighted by Gasteiger charge is -2.13. The number of nitrogens with one attached hydrogen (secondary N) is 2. The van der Waals surface area contributed by atoms with Crippen LogP contribution in [0, 0.1) is 0 Å². The number of carbonyl (C=O) groups is 1. The number of rotatable bonds is 6. The summed E-state index contributed by atoms with van der Waals surface area (Å²) in [5.41, 5.74) is 4.21. The van der Waals surface area contributed by atoms with Crippen molar-refractivity contribution in [2.24, 2.45) is 7.05 Å². The van der Waals surface area contributed by atoms with Crippen molar-refractivity contribution in [1.82, 2.24) is 9.29 Å². The van der Waals surface area contributed by atoms with Gasteiger partial charge in [0, 0.05) is 49.2 Å². The first kappa shape index (κ1) is 24.0. The number of carbonyl (C=O) groups excluding carboxylic acids is 1. The number of halogens is 1. The monoisotopic (exact) mass is 524 g/mol. The number of aryl methyl sites for hydroxylation is 1. The van der Waals surface area contributed by atoms with Gasteiger partial charge in [-0.1, -0.05) is 17.7 Å². The third-order valence-corrected chi connectivity index (χ3v) is 8.08. The molecule has 186 valence electrons. The number of nitrogens with zero attached hydrogens (tertiary/aromatic N) is 2. The highest BCUT2D eigenvalue weighted by Crippen LogP contribution is 2.35. The molecule has 0 aliphatic carbocycles. The quantitative estimate of drug-likeness (QED) is 0.380. The van der Waals surface area contributed by atoms with Crippen molar-refractivity contribution in [3.05, 3.63) is 76.9 Å². The number of anilines is 3. The van der Waals surface area contributed by atoms with Crippen molar-refractivity contribution in [3.8, 4) is 5.75 Å². The second-order valence-electron chi connectivity index (χ2n) is 8.70. The highest BCUT2D eigenvalue weighted by Gasteiger charge is 2.25. The SMILES string of the molecule is COc1cccc(Nc2ccc(Cl)c3c2cc(C(=O)NS(=O)(=O)c2ccc4c(c2)CCN4C)n3C)c1. The van der Waals surface area contributed by atoms with Crippen LogP contribution in [0.25, 0.3) is 10.9 Å². The van der Waals surface area contributed by atoms with Crippen LogP contribution < -0.4 is 19.7 Å². The van der Waals surface area contributed by atoms with Gasteiger partial charge >= 0.3 is 0 Å². The van der Waals surface area contributed by atoms with E-state index in [1.807, 2.05) is 37.4 Å². The predicted octanol–water partition coefficient (Wildman–Crippen LogP) is 4.69. The van der Waals surface area contributed by atoms with Gasteiger partial charge < -0.3 is 19.5 Å². The van der Waals surface area contributed by atoms with Crippen molar-refractivity contribution < 1.29 is 17.9 Å². The van der Waals surface area contributed by atoms with Gasteiger partial charge in [0.15, 0.2) is 0 Å². The molecule has 3 aromatic carbocycles. The number of ether oxygens (including phenoxy) is 1. The zero-order chi connectivity index (χ0) is 25.6. The number of aromatic nitrogens is 1. The molecule has 2 heterocycles. The molecule has 0 saturated carbocycles. The molecule has 0 unspecified atom stereocenters. The molecule has 10 heteroatoms. The largest absolute Gasteiger partial charge is 0.497 e. The smallest absolute Gasteiger partial charge is 0.281 e. The first-order chi connectivity index (χ1) is 17.2. The van der Waals surface area contributed by atoms with E-state index in [2.05, 4.69) is 14.9 Å². The number of methoxy groups -OCH3 is 1. The molecule has 1 aromatic heterocycles. The molecule has 0 saturated heterocycles. The number of fused-ring (bicyclic) bond motifs is 2. The minimum absolute atomic E-state index is 0.0575. The first-order valence-electron chi connectivity index (χ1n) is 11.3. The van der Waals surface area contributed by atoms with E-state index in [1.54, 1.807) is 43.0 Å². The van der Waals surface area contributed by atoms with E-state index < -0.39 is 15.9 Å². The summed E-state index contributed by atoms with van der Waals surface area (Å²) in [6.07, 6.45) is 0.758. The van der Waals surface area contributed by atoms with E-state index in [0.717, 1.165) is 29.9 Å². The van der Waals surface area contributed by atoms with Crippen LogP contribution in [-0.4, -0.2) is 39.6 Å². The molecule has 1 aliphatic rings. The second-order valence-corrected chi connectivity index (χ2v) is 10.8. The van der Waals surface area contributed by atoms with Gasteiger partial charge in [0.05, 0.1) is 22.5 Å². The average Bonchev–Trinajstić information content (AvgIpc) is 3.41. The van der Waals surface area contributed by atoms with Crippen LogP contribution in [0.3, 0.4) is 0 Å². The van der Waals surface area contributed by atoms with Crippen LogP contribution in [-0.2, 0) is 23.5 Å². The van der Waals surface area contributed by atoms with Gasteiger partial charge in [-0.2, -0.15) is 0 Å². The van der Waals surface area contributed by atoms with Crippen molar-refractivity contribution in [3.63, 3.8) is 0 Å². The number of benzene rings is 3. The van der Waals surface area contributed by atoms with E-state index >= 15 is 0 Å². The fourth-order valence-corrected chi connectivity index (χ4v) is 5.85. The lowest BCUT2D eigenvalue weighted by Crippen LogP contribution is -2.31. The van der Waals surface area contributed by atoms with E-state index in [0.29, 0.717) is 27.4 Å². The number of hydrogen-bond donors (Lipinski definition) is 2. The third-order valence-electron chi connectivity index (χ3n) is 6.44. The van der Waals surface area contributed by atoms with Gasteiger partial charge in [-0.15, -0.1) is 0 Å². The Labute approximate surface area is 214 Å². The summed E-state index contributed by atoms with van der Waals surface area (Å²) >= 11 is 6.48. The Hall–Kier alpha value is -3.69. The maximum Gasteiger partial charge on any atom is 0.281 e. The summed E-state index contributed by atoms with van der Waals surface area (Å²) in [7, 11) is 1.16. The van der Waals surface area contributed by atoms with Crippen LogP contribution >= 0.6 is 11.6 Å². The lowest BCUT2D eigenvalue weighted by molar-refractivity contribution is 0.0974. The maximum absolute atomic E-state index is 13.2. The Kier molecular flexibility index (Phi) is 6.05. The normalized spacial score (nSPS) is 13.1. The van der Waals surface area contributed by atoms with E-state index in [4.69, 9.17) is 16.3 Å². The Morgan fingerprint density at radius 3 is 2.64 bits per heavy atom. The maximum atomic E-state index is 13.2. The standard InChI is InChI=1S/C26H25ClN4O4S/c1-30-12-11-16-13-19(7-10-23(16)30)36(33,34)29-26(32)24-15-20-22(9-8-21(27)25(20)31(24)2)28-17-5-4-6-18(14-17)35-3/h4-10,13-15,28H,11-12H2,1-3H3,(H,29,32). The summed E-state index contributed by atoms with van der Waals surface area (Å²) in [5.74, 6) is -0.0449. The molecule has 1 amide bonds. The van der Waals surface area contributed by atoms with E-state index in [9.17, 15) is 13.2 Å². The summed E-state index contributed by atoms with van der Waals surface area (Å²) in [6, 6.07) is 17.5. The molecule has 8 nitrogen and oxygen atoms in total. The van der Waals surface area contributed by atoms with E-state index in [-0.39, 0.29) is 10.6 Å². The van der Waals surface area contributed by atoms with Gasteiger partial charge in [0.2, 0.25) is 0 Å². The molecule has 0 radical (unpaired) electrons. The molecule has 5 rings (SSSR count). The lowest BCUT2D eigenvalue weighted by atomic mass is 10.2. The summed E-state index contributed by atoms with van der Waals surface area (Å²) in [4.78, 5) is 15.3. The fourth-order valence-electron chi connectivity index (χ4n) is 4.55. The van der Waals surface area contributed by atoms with Crippen LogP contribution in [0.15, 0.2) is 65.6 Å². The predicted molar refractivity (Wildman–Crippen MR) is 142 cm³/mol.